The Morgan fingerprint density at radius 1 is 1.35 bits per heavy atom. The van der Waals surface area contributed by atoms with Crippen molar-refractivity contribution in [2.45, 2.75) is 13.3 Å². The first-order chi connectivity index (χ1) is 9.81. The average Bonchev–Trinajstić information content (AvgIpc) is 3.01. The summed E-state index contributed by atoms with van der Waals surface area (Å²) in [4.78, 5) is 6.70. The lowest BCUT2D eigenvalue weighted by Gasteiger charge is -2.30. The van der Waals surface area contributed by atoms with E-state index in [2.05, 4.69) is 20.2 Å². The zero-order valence-electron chi connectivity index (χ0n) is 11.5. The molecule has 1 fully saturated rings. The van der Waals surface area contributed by atoms with E-state index >= 15 is 0 Å². The van der Waals surface area contributed by atoms with Gasteiger partial charge in [-0.3, -0.25) is 4.98 Å². The molecule has 20 heavy (non-hydrogen) atoms. The van der Waals surface area contributed by atoms with Crippen molar-refractivity contribution in [3.8, 4) is 5.69 Å². The zero-order valence-corrected chi connectivity index (χ0v) is 11.5. The van der Waals surface area contributed by atoms with Crippen molar-refractivity contribution in [1.29, 1.82) is 0 Å². The largest absolute Gasteiger partial charge is 0.395 e. The number of nitrogen functional groups attached to an aromatic ring is 1. The van der Waals surface area contributed by atoms with Gasteiger partial charge in [-0.25, -0.2) is 4.68 Å². The molecule has 0 radical (unpaired) electrons. The third-order valence-corrected chi connectivity index (χ3v) is 3.49. The van der Waals surface area contributed by atoms with E-state index in [9.17, 15) is 0 Å². The Morgan fingerprint density at radius 2 is 2.15 bits per heavy atom. The van der Waals surface area contributed by atoms with Gasteiger partial charge in [-0.2, -0.15) is 0 Å². The summed E-state index contributed by atoms with van der Waals surface area (Å²) in [5.41, 5.74) is 9.67. The van der Waals surface area contributed by atoms with Crippen molar-refractivity contribution in [3.05, 3.63) is 24.3 Å². The smallest absolute Gasteiger partial charge is 0.116 e. The second kappa shape index (κ2) is 5.46. The van der Waals surface area contributed by atoms with Crippen LogP contribution in [0.15, 0.2) is 18.6 Å². The first-order valence-corrected chi connectivity index (χ1v) is 6.78. The number of hydrogen-bond donors (Lipinski definition) is 1. The number of anilines is 2. The van der Waals surface area contributed by atoms with Crippen molar-refractivity contribution in [2.75, 3.05) is 36.9 Å². The van der Waals surface area contributed by atoms with Crippen molar-refractivity contribution in [2.24, 2.45) is 0 Å². The molecule has 0 bridgehead atoms. The van der Waals surface area contributed by atoms with Gasteiger partial charge in [0.2, 0.25) is 0 Å². The number of aromatic nitrogens is 4. The van der Waals surface area contributed by atoms with Crippen molar-refractivity contribution in [3.63, 3.8) is 0 Å². The highest BCUT2D eigenvalue weighted by Gasteiger charge is 2.20. The third kappa shape index (κ3) is 2.20. The maximum absolute atomic E-state index is 6.28. The van der Waals surface area contributed by atoms with E-state index in [1.54, 1.807) is 17.1 Å². The van der Waals surface area contributed by atoms with Crippen LogP contribution in [0.4, 0.5) is 11.4 Å². The van der Waals surface area contributed by atoms with Gasteiger partial charge >= 0.3 is 0 Å². The Bertz CT molecular complexity index is 577. The highest BCUT2D eigenvalue weighted by Crippen LogP contribution is 2.31. The Balaban J connectivity index is 2.11. The molecule has 2 aromatic heterocycles. The Kier molecular flexibility index (Phi) is 3.51. The predicted molar refractivity (Wildman–Crippen MR) is 76.0 cm³/mol. The Hall–Kier alpha value is -2.15. The summed E-state index contributed by atoms with van der Waals surface area (Å²) in [5.74, 6) is 0. The van der Waals surface area contributed by atoms with Gasteiger partial charge in [0.05, 0.1) is 48.9 Å². The molecule has 0 atom stereocenters. The summed E-state index contributed by atoms with van der Waals surface area (Å²) in [6.45, 7) is 5.12. The van der Waals surface area contributed by atoms with E-state index in [4.69, 9.17) is 10.5 Å². The number of nitrogens with zero attached hydrogens (tertiary/aromatic N) is 5. The lowest BCUT2D eigenvalue weighted by molar-refractivity contribution is 0.122. The molecular weight excluding hydrogens is 256 g/mol. The Labute approximate surface area is 117 Å². The summed E-state index contributed by atoms with van der Waals surface area (Å²) >= 11 is 0. The maximum atomic E-state index is 6.28. The number of pyridine rings is 1. The Morgan fingerprint density at radius 3 is 2.80 bits per heavy atom. The molecule has 1 saturated heterocycles. The number of ether oxygens (including phenoxy) is 1. The monoisotopic (exact) mass is 274 g/mol. The molecule has 1 aliphatic heterocycles. The van der Waals surface area contributed by atoms with Crippen LogP contribution in [-0.4, -0.2) is 46.3 Å². The number of nitrogens with two attached hydrogens (primary N) is 1. The van der Waals surface area contributed by atoms with Crippen LogP contribution < -0.4 is 10.6 Å². The molecule has 0 saturated carbocycles. The first-order valence-electron chi connectivity index (χ1n) is 6.78. The van der Waals surface area contributed by atoms with Gasteiger partial charge in [0.1, 0.15) is 5.69 Å². The summed E-state index contributed by atoms with van der Waals surface area (Å²) in [6, 6.07) is 0. The molecule has 3 heterocycles. The SMILES string of the molecule is CCc1ncc(N2CCOCC2)c(-n2ccnn2)c1N. The van der Waals surface area contributed by atoms with E-state index in [0.717, 1.165) is 36.6 Å². The van der Waals surface area contributed by atoms with Crippen LogP contribution in [0.5, 0.6) is 0 Å². The predicted octanol–water partition coefficient (Wildman–Crippen LogP) is 0.643. The molecule has 1 aliphatic rings. The van der Waals surface area contributed by atoms with E-state index in [1.807, 2.05) is 13.1 Å². The molecule has 7 nitrogen and oxygen atoms in total. The molecule has 3 rings (SSSR count). The van der Waals surface area contributed by atoms with Gasteiger partial charge in [0.15, 0.2) is 0 Å². The minimum absolute atomic E-state index is 0.669. The van der Waals surface area contributed by atoms with Crippen LogP contribution in [0, 0.1) is 0 Å². The van der Waals surface area contributed by atoms with Crippen LogP contribution >= 0.6 is 0 Å². The van der Waals surface area contributed by atoms with Crippen molar-refractivity contribution >= 4 is 11.4 Å². The molecule has 0 amide bonds. The summed E-state index contributed by atoms with van der Waals surface area (Å²) in [6.07, 6.45) is 6.11. The zero-order chi connectivity index (χ0) is 13.9. The van der Waals surface area contributed by atoms with E-state index in [-0.39, 0.29) is 0 Å². The van der Waals surface area contributed by atoms with Crippen LogP contribution in [0.2, 0.25) is 0 Å². The number of morpholine rings is 1. The van der Waals surface area contributed by atoms with E-state index in [0.29, 0.717) is 18.9 Å². The second-order valence-electron chi connectivity index (χ2n) is 4.65. The lowest BCUT2D eigenvalue weighted by atomic mass is 10.2. The normalized spacial score (nSPS) is 15.6. The van der Waals surface area contributed by atoms with Crippen molar-refractivity contribution < 1.29 is 4.74 Å². The third-order valence-electron chi connectivity index (χ3n) is 3.49. The second-order valence-corrected chi connectivity index (χ2v) is 4.65. The van der Waals surface area contributed by atoms with Gasteiger partial charge < -0.3 is 15.4 Å². The molecule has 2 aromatic rings. The minimum Gasteiger partial charge on any atom is -0.395 e. The fourth-order valence-electron chi connectivity index (χ4n) is 2.43. The topological polar surface area (TPSA) is 82.1 Å². The summed E-state index contributed by atoms with van der Waals surface area (Å²) in [7, 11) is 0. The summed E-state index contributed by atoms with van der Waals surface area (Å²) < 4.78 is 7.11. The van der Waals surface area contributed by atoms with Crippen LogP contribution in [-0.2, 0) is 11.2 Å². The van der Waals surface area contributed by atoms with Crippen molar-refractivity contribution in [1.82, 2.24) is 20.0 Å². The van der Waals surface area contributed by atoms with Gasteiger partial charge in [-0.05, 0) is 6.42 Å². The average molecular weight is 274 g/mol. The quantitative estimate of drug-likeness (QED) is 0.884. The first kappa shape index (κ1) is 12.9. The number of aryl methyl sites for hydroxylation is 1. The van der Waals surface area contributed by atoms with E-state index in [1.165, 1.54) is 0 Å². The number of hydrogen-bond acceptors (Lipinski definition) is 6. The highest BCUT2D eigenvalue weighted by molar-refractivity contribution is 5.75. The van der Waals surface area contributed by atoms with Gasteiger partial charge in [-0.1, -0.05) is 12.1 Å². The molecule has 7 heteroatoms. The van der Waals surface area contributed by atoms with Gasteiger partial charge in [-0.15, -0.1) is 5.10 Å². The molecule has 0 aliphatic carbocycles. The number of rotatable bonds is 3. The molecular formula is C13H18N6O. The van der Waals surface area contributed by atoms with Crippen LogP contribution in [0.3, 0.4) is 0 Å². The standard InChI is InChI=1S/C13H18N6O/c1-2-10-12(14)13(19-4-3-16-17-19)11(9-15-10)18-5-7-20-8-6-18/h3-4,9H,2,5-8,14H2,1H3. The molecule has 2 N–H and O–H groups in total. The van der Waals surface area contributed by atoms with Gasteiger partial charge in [0, 0.05) is 13.1 Å². The minimum atomic E-state index is 0.669. The van der Waals surface area contributed by atoms with Gasteiger partial charge in [0.25, 0.3) is 0 Å². The molecule has 106 valence electrons. The molecule has 0 aromatic carbocycles. The van der Waals surface area contributed by atoms with Crippen LogP contribution in [0.25, 0.3) is 5.69 Å². The fourth-order valence-corrected chi connectivity index (χ4v) is 2.43. The highest BCUT2D eigenvalue weighted by atomic mass is 16.5. The molecule has 0 unspecified atom stereocenters. The lowest BCUT2D eigenvalue weighted by Crippen LogP contribution is -2.37. The summed E-state index contributed by atoms with van der Waals surface area (Å²) in [5, 5.41) is 7.95. The van der Waals surface area contributed by atoms with E-state index < -0.39 is 0 Å². The fraction of sp³-hybridized carbons (Fsp3) is 0.462. The van der Waals surface area contributed by atoms with Crippen LogP contribution in [0.1, 0.15) is 12.6 Å². The maximum Gasteiger partial charge on any atom is 0.116 e. The molecule has 0 spiro atoms.